The molecule has 7 nitrogen and oxygen atoms in total. The van der Waals surface area contributed by atoms with Crippen LogP contribution in [0.25, 0.3) is 11.1 Å². The zero-order chi connectivity index (χ0) is 20.4. The van der Waals surface area contributed by atoms with Crippen molar-refractivity contribution in [1.29, 1.82) is 0 Å². The van der Waals surface area contributed by atoms with Crippen LogP contribution in [0.1, 0.15) is 11.1 Å². The van der Waals surface area contributed by atoms with E-state index in [4.69, 9.17) is 0 Å². The van der Waals surface area contributed by atoms with E-state index in [1.807, 2.05) is 61.8 Å². The predicted molar refractivity (Wildman–Crippen MR) is 110 cm³/mol. The minimum absolute atomic E-state index is 0.238. The molecule has 4 rings (SSSR count). The second kappa shape index (κ2) is 7.79. The highest BCUT2D eigenvalue weighted by molar-refractivity contribution is 6.01. The van der Waals surface area contributed by atoms with Gasteiger partial charge in [0.1, 0.15) is 6.04 Å². The highest BCUT2D eigenvalue weighted by Crippen LogP contribution is 2.33. The van der Waals surface area contributed by atoms with Crippen LogP contribution < -0.4 is 10.2 Å². The van der Waals surface area contributed by atoms with Crippen molar-refractivity contribution in [1.82, 2.24) is 15.1 Å². The topological polar surface area (TPSA) is 87.5 Å². The highest BCUT2D eigenvalue weighted by atomic mass is 16.4. The number of nitrogens with zero attached hydrogens (tertiary/aromatic N) is 3. The number of nitrogens with one attached hydrogen (secondary N) is 1. The fraction of sp³-hybridized carbons (Fsp3) is 0.227. The molecule has 2 aromatic carbocycles. The quantitative estimate of drug-likeness (QED) is 0.701. The lowest BCUT2D eigenvalue weighted by atomic mass is 10.0. The van der Waals surface area contributed by atoms with Crippen LogP contribution in [0.2, 0.25) is 0 Å². The first-order valence-corrected chi connectivity index (χ1v) is 9.48. The van der Waals surface area contributed by atoms with E-state index in [-0.39, 0.29) is 5.91 Å². The van der Waals surface area contributed by atoms with Crippen molar-refractivity contribution in [3.05, 3.63) is 72.1 Å². The second-order valence-electron chi connectivity index (χ2n) is 7.18. The van der Waals surface area contributed by atoms with Crippen molar-refractivity contribution in [2.45, 2.75) is 18.9 Å². The average molecular weight is 390 g/mol. The molecule has 1 aliphatic rings. The second-order valence-corrected chi connectivity index (χ2v) is 7.18. The lowest BCUT2D eigenvalue weighted by Gasteiger charge is -2.24. The molecule has 0 spiro atoms. The number of carbonyl (C=O) groups is 2. The summed E-state index contributed by atoms with van der Waals surface area (Å²) in [5.74, 6) is -0.238. The van der Waals surface area contributed by atoms with Crippen molar-refractivity contribution in [2.24, 2.45) is 7.05 Å². The molecule has 2 amide bonds. The van der Waals surface area contributed by atoms with Crippen molar-refractivity contribution < 1.29 is 14.7 Å². The summed E-state index contributed by atoms with van der Waals surface area (Å²) in [5.41, 5.74) is 4.77. The number of hydrogen-bond acceptors (Lipinski definition) is 3. The third-order valence-electron chi connectivity index (χ3n) is 5.16. The Morgan fingerprint density at radius 1 is 1.17 bits per heavy atom. The summed E-state index contributed by atoms with van der Waals surface area (Å²) in [7, 11) is 1.86. The van der Waals surface area contributed by atoms with Crippen LogP contribution in [0.15, 0.2) is 60.9 Å². The van der Waals surface area contributed by atoms with E-state index in [9.17, 15) is 14.7 Å². The molecule has 1 unspecified atom stereocenters. The van der Waals surface area contributed by atoms with Crippen LogP contribution in [0.5, 0.6) is 0 Å². The number of carbonyl (C=O) groups excluding carboxylic acids is 1. The lowest BCUT2D eigenvalue weighted by molar-refractivity contribution is -0.120. The maximum Gasteiger partial charge on any atom is 0.405 e. The zero-order valence-corrected chi connectivity index (χ0v) is 16.1. The smallest absolute Gasteiger partial charge is 0.405 e. The van der Waals surface area contributed by atoms with Crippen LogP contribution in [0, 0.1) is 0 Å². The van der Waals surface area contributed by atoms with Gasteiger partial charge in [0.05, 0.1) is 6.20 Å². The number of amides is 2. The Balaban J connectivity index is 1.62. The average Bonchev–Trinajstić information content (AvgIpc) is 3.33. The van der Waals surface area contributed by atoms with Crippen molar-refractivity contribution in [3.8, 4) is 11.1 Å². The van der Waals surface area contributed by atoms with E-state index in [1.165, 1.54) is 0 Å². The molecule has 2 N–H and O–H groups in total. The molecule has 148 valence electrons. The molecule has 1 aromatic heterocycles. The van der Waals surface area contributed by atoms with Gasteiger partial charge in [-0.25, -0.2) is 4.79 Å². The summed E-state index contributed by atoms with van der Waals surface area (Å²) in [6, 6.07) is 14.6. The number of fused-ring (bicyclic) bond motifs is 1. The van der Waals surface area contributed by atoms with Crippen LogP contribution >= 0.6 is 0 Å². The number of hydrogen-bond donors (Lipinski definition) is 2. The molecule has 1 aliphatic heterocycles. The van der Waals surface area contributed by atoms with E-state index in [0.717, 1.165) is 34.4 Å². The number of benzene rings is 2. The van der Waals surface area contributed by atoms with Crippen LogP contribution in [-0.2, 0) is 24.7 Å². The normalized spacial score (nSPS) is 13.8. The van der Waals surface area contributed by atoms with Crippen molar-refractivity contribution in [2.75, 3.05) is 11.4 Å². The standard InChI is InChI=1S/C22H22N4O3/c1-25-14-18(13-23-25)17-8-7-16-9-10-26(20(16)12-17)21(27)19(24-22(28)29)11-15-5-3-2-4-6-15/h2-8,12-14,19,24H,9-11H2,1H3,(H,28,29). The van der Waals surface area contributed by atoms with E-state index < -0.39 is 12.1 Å². The summed E-state index contributed by atoms with van der Waals surface area (Å²) in [6.07, 6.45) is 3.56. The molecular formula is C22H22N4O3. The molecule has 3 aromatic rings. The Morgan fingerprint density at radius 2 is 1.97 bits per heavy atom. The molecule has 0 aliphatic carbocycles. The van der Waals surface area contributed by atoms with Gasteiger partial charge in [0.2, 0.25) is 5.91 Å². The third kappa shape index (κ3) is 3.99. The van der Waals surface area contributed by atoms with Gasteiger partial charge < -0.3 is 15.3 Å². The van der Waals surface area contributed by atoms with E-state index >= 15 is 0 Å². The summed E-state index contributed by atoms with van der Waals surface area (Å²) in [5, 5.41) is 15.9. The molecule has 29 heavy (non-hydrogen) atoms. The Labute approximate surface area is 168 Å². The van der Waals surface area contributed by atoms with Gasteiger partial charge in [-0.05, 0) is 29.2 Å². The minimum atomic E-state index is -1.21. The van der Waals surface area contributed by atoms with E-state index in [1.54, 1.807) is 15.8 Å². The molecular weight excluding hydrogens is 368 g/mol. The van der Waals surface area contributed by atoms with Gasteiger partial charge >= 0.3 is 6.09 Å². The minimum Gasteiger partial charge on any atom is -0.465 e. The van der Waals surface area contributed by atoms with Crippen LogP contribution in [0.3, 0.4) is 0 Å². The summed E-state index contributed by atoms with van der Waals surface area (Å²) < 4.78 is 1.73. The van der Waals surface area contributed by atoms with Crippen molar-refractivity contribution >= 4 is 17.7 Å². The predicted octanol–water partition coefficient (Wildman–Crippen LogP) is 2.86. The fourth-order valence-electron chi connectivity index (χ4n) is 3.75. The molecule has 0 saturated carbocycles. The third-order valence-corrected chi connectivity index (χ3v) is 5.16. The summed E-state index contributed by atoms with van der Waals surface area (Å²) in [4.78, 5) is 26.3. The number of rotatable bonds is 5. The fourth-order valence-corrected chi connectivity index (χ4v) is 3.75. The maximum absolute atomic E-state index is 13.3. The Morgan fingerprint density at radius 3 is 2.66 bits per heavy atom. The van der Waals surface area contributed by atoms with Gasteiger partial charge in [-0.2, -0.15) is 5.10 Å². The highest BCUT2D eigenvalue weighted by Gasteiger charge is 2.31. The Kier molecular flexibility index (Phi) is 5.03. The van der Waals surface area contributed by atoms with Gasteiger partial charge in [-0.15, -0.1) is 0 Å². The Bertz CT molecular complexity index is 1050. The first-order chi connectivity index (χ1) is 14.0. The first kappa shape index (κ1) is 18.7. The summed E-state index contributed by atoms with van der Waals surface area (Å²) >= 11 is 0. The molecule has 0 bridgehead atoms. The Hall–Kier alpha value is -3.61. The zero-order valence-electron chi connectivity index (χ0n) is 16.1. The molecule has 7 heteroatoms. The van der Waals surface area contributed by atoms with Gasteiger partial charge in [-0.3, -0.25) is 9.48 Å². The molecule has 0 saturated heterocycles. The molecule has 0 radical (unpaired) electrons. The number of carboxylic acid groups (broad SMARTS) is 1. The summed E-state index contributed by atoms with van der Waals surface area (Å²) in [6.45, 7) is 0.539. The van der Waals surface area contributed by atoms with E-state index in [0.29, 0.717) is 13.0 Å². The van der Waals surface area contributed by atoms with Crippen LogP contribution in [-0.4, -0.2) is 39.5 Å². The van der Waals surface area contributed by atoms with Crippen LogP contribution in [0.4, 0.5) is 10.5 Å². The van der Waals surface area contributed by atoms with Gasteiger partial charge in [-0.1, -0.05) is 42.5 Å². The van der Waals surface area contributed by atoms with Gasteiger partial charge in [0.25, 0.3) is 0 Å². The number of aryl methyl sites for hydroxylation is 1. The van der Waals surface area contributed by atoms with Gasteiger partial charge in [0.15, 0.2) is 0 Å². The number of aromatic nitrogens is 2. The maximum atomic E-state index is 13.3. The monoisotopic (exact) mass is 390 g/mol. The van der Waals surface area contributed by atoms with E-state index in [2.05, 4.69) is 10.4 Å². The number of anilines is 1. The molecule has 2 heterocycles. The lowest BCUT2D eigenvalue weighted by Crippen LogP contribution is -2.49. The van der Waals surface area contributed by atoms with Crippen molar-refractivity contribution in [3.63, 3.8) is 0 Å². The molecule has 0 fully saturated rings. The van der Waals surface area contributed by atoms with Gasteiger partial charge in [0, 0.05) is 37.5 Å². The largest absolute Gasteiger partial charge is 0.465 e. The first-order valence-electron chi connectivity index (χ1n) is 9.48. The molecule has 1 atom stereocenters. The SMILES string of the molecule is Cn1cc(-c2ccc3c(c2)N(C(=O)C(Cc2ccccc2)NC(=O)O)CC3)cn1.